The topological polar surface area (TPSA) is 52.7 Å². The monoisotopic (exact) mass is 421 g/mol. The first-order chi connectivity index (χ1) is 15.1. The molecule has 2 aromatic carbocycles. The van der Waals surface area contributed by atoms with Crippen LogP contribution >= 0.6 is 0 Å². The summed E-state index contributed by atoms with van der Waals surface area (Å²) in [5.41, 5.74) is 1.90. The predicted molar refractivity (Wildman–Crippen MR) is 117 cm³/mol. The van der Waals surface area contributed by atoms with Gasteiger partial charge in [-0.3, -0.25) is 9.59 Å². The number of anilines is 1. The Kier molecular flexibility index (Phi) is 5.38. The summed E-state index contributed by atoms with van der Waals surface area (Å²) in [7, 11) is 0. The van der Waals surface area contributed by atoms with Gasteiger partial charge in [-0.2, -0.15) is 0 Å². The van der Waals surface area contributed by atoms with Gasteiger partial charge in [0.1, 0.15) is 5.82 Å². The Morgan fingerprint density at radius 3 is 2.39 bits per heavy atom. The van der Waals surface area contributed by atoms with Crippen LogP contribution < -0.4 is 5.32 Å². The molecule has 2 aliphatic heterocycles. The van der Waals surface area contributed by atoms with Crippen molar-refractivity contribution < 1.29 is 14.0 Å². The fourth-order valence-corrected chi connectivity index (χ4v) is 5.30. The summed E-state index contributed by atoms with van der Waals surface area (Å²) < 4.78 is 13.1. The Morgan fingerprint density at radius 1 is 0.968 bits per heavy atom. The van der Waals surface area contributed by atoms with Crippen molar-refractivity contribution in [1.29, 1.82) is 0 Å². The highest BCUT2D eigenvalue weighted by Gasteiger charge is 2.51. The number of benzene rings is 2. The molecule has 0 unspecified atom stereocenters. The van der Waals surface area contributed by atoms with Crippen molar-refractivity contribution in [1.82, 2.24) is 9.80 Å². The Labute approximate surface area is 182 Å². The van der Waals surface area contributed by atoms with Crippen LogP contribution in [0.5, 0.6) is 0 Å². The number of hydrogen-bond donors (Lipinski definition) is 1. The molecule has 3 atom stereocenters. The molecule has 5 rings (SSSR count). The van der Waals surface area contributed by atoms with E-state index in [2.05, 4.69) is 22.3 Å². The zero-order valence-electron chi connectivity index (χ0n) is 17.5. The fourth-order valence-electron chi connectivity index (χ4n) is 5.30. The van der Waals surface area contributed by atoms with Crippen LogP contribution in [0.1, 0.15) is 30.9 Å². The maximum Gasteiger partial charge on any atom is 0.241 e. The molecule has 1 aliphatic carbocycles. The van der Waals surface area contributed by atoms with Gasteiger partial charge in [0.15, 0.2) is 0 Å². The van der Waals surface area contributed by atoms with Crippen molar-refractivity contribution >= 4 is 17.5 Å². The summed E-state index contributed by atoms with van der Waals surface area (Å²) >= 11 is 0. The number of nitrogens with zero attached hydrogens (tertiary/aromatic N) is 2. The average molecular weight is 422 g/mol. The van der Waals surface area contributed by atoms with Gasteiger partial charge in [0.2, 0.25) is 11.8 Å². The van der Waals surface area contributed by atoms with E-state index < -0.39 is 0 Å². The van der Waals surface area contributed by atoms with Crippen molar-refractivity contribution in [2.45, 2.75) is 25.3 Å². The summed E-state index contributed by atoms with van der Waals surface area (Å²) in [6.45, 7) is 2.27. The lowest BCUT2D eigenvalue weighted by molar-refractivity contribution is -0.140. The summed E-state index contributed by atoms with van der Waals surface area (Å²) in [6.07, 6.45) is 3.16. The van der Waals surface area contributed by atoms with E-state index in [1.165, 1.54) is 17.7 Å². The van der Waals surface area contributed by atoms with Crippen LogP contribution in [0.15, 0.2) is 54.6 Å². The SMILES string of the molecule is O=C(CNc1ccc(F)cc1)N1C[C@H]2CN(C(=O)C3CCC3)[C@H](c3ccccc3)[C@H]2C1. The number of likely N-dealkylation sites (tertiary alicyclic amines) is 2. The molecule has 2 saturated heterocycles. The van der Waals surface area contributed by atoms with Crippen LogP contribution in [-0.4, -0.2) is 47.8 Å². The maximum absolute atomic E-state index is 13.1. The first-order valence-corrected chi connectivity index (χ1v) is 11.2. The lowest BCUT2D eigenvalue weighted by Crippen LogP contribution is -2.42. The van der Waals surface area contributed by atoms with Crippen molar-refractivity contribution in [2.75, 3.05) is 31.5 Å². The van der Waals surface area contributed by atoms with Crippen LogP contribution in [-0.2, 0) is 9.59 Å². The summed E-state index contributed by atoms with van der Waals surface area (Å²) in [6, 6.07) is 16.3. The van der Waals surface area contributed by atoms with Gasteiger partial charge in [-0.15, -0.1) is 0 Å². The molecule has 5 nitrogen and oxygen atoms in total. The van der Waals surface area contributed by atoms with E-state index in [9.17, 15) is 14.0 Å². The third-order valence-electron chi connectivity index (χ3n) is 7.18. The molecule has 162 valence electrons. The molecule has 3 aliphatic rings. The third kappa shape index (κ3) is 3.91. The molecule has 0 aromatic heterocycles. The normalized spacial score (nSPS) is 25.3. The Balaban J connectivity index is 1.28. The number of nitrogens with one attached hydrogen (secondary N) is 1. The van der Waals surface area contributed by atoms with Gasteiger partial charge < -0.3 is 15.1 Å². The first-order valence-electron chi connectivity index (χ1n) is 11.2. The number of carbonyl (C=O) groups excluding carboxylic acids is 2. The molecule has 6 heteroatoms. The molecule has 1 N–H and O–H groups in total. The lowest BCUT2D eigenvalue weighted by Gasteiger charge is -2.35. The molecule has 3 fully saturated rings. The molecule has 0 bridgehead atoms. The van der Waals surface area contributed by atoms with Gasteiger partial charge in [-0.1, -0.05) is 36.8 Å². The van der Waals surface area contributed by atoms with E-state index in [0.717, 1.165) is 31.5 Å². The van der Waals surface area contributed by atoms with Gasteiger partial charge in [0.25, 0.3) is 0 Å². The second-order valence-corrected chi connectivity index (χ2v) is 9.06. The predicted octanol–water partition coefficient (Wildman–Crippen LogP) is 3.70. The standard InChI is InChI=1S/C25H28FN3O2/c26-20-9-11-21(12-10-20)27-13-23(30)28-14-19-15-29(25(31)18-7-4-8-18)24(22(19)16-28)17-5-2-1-3-6-17/h1-3,5-6,9-12,18-19,22,24,27H,4,7-8,13-16H2/t19-,22-,24+/m0/s1. The van der Waals surface area contributed by atoms with E-state index in [1.54, 1.807) is 12.1 Å². The maximum atomic E-state index is 13.1. The molecular formula is C25H28FN3O2. The van der Waals surface area contributed by atoms with Gasteiger partial charge >= 0.3 is 0 Å². The van der Waals surface area contributed by atoms with Crippen LogP contribution in [0.25, 0.3) is 0 Å². The Morgan fingerprint density at radius 2 is 1.71 bits per heavy atom. The van der Waals surface area contributed by atoms with E-state index in [-0.39, 0.29) is 36.1 Å². The van der Waals surface area contributed by atoms with Crippen molar-refractivity contribution in [3.05, 3.63) is 66.0 Å². The average Bonchev–Trinajstić information content (AvgIpc) is 3.30. The minimum absolute atomic E-state index is 0.0437. The second-order valence-electron chi connectivity index (χ2n) is 9.06. The summed E-state index contributed by atoms with van der Waals surface area (Å²) in [5, 5.41) is 3.09. The van der Waals surface area contributed by atoms with Crippen molar-refractivity contribution in [3.63, 3.8) is 0 Å². The van der Waals surface area contributed by atoms with Crippen LogP contribution in [0.4, 0.5) is 10.1 Å². The molecule has 31 heavy (non-hydrogen) atoms. The highest BCUT2D eigenvalue weighted by atomic mass is 19.1. The minimum atomic E-state index is -0.294. The van der Waals surface area contributed by atoms with E-state index in [0.29, 0.717) is 24.9 Å². The zero-order valence-corrected chi connectivity index (χ0v) is 17.5. The molecular weight excluding hydrogens is 393 g/mol. The largest absolute Gasteiger partial charge is 0.376 e. The molecule has 2 amide bonds. The first kappa shape index (κ1) is 20.0. The quantitative estimate of drug-likeness (QED) is 0.801. The zero-order chi connectivity index (χ0) is 21.4. The summed E-state index contributed by atoms with van der Waals surface area (Å²) in [4.78, 5) is 30.0. The van der Waals surface area contributed by atoms with E-state index >= 15 is 0 Å². The fraction of sp³-hybridized carbons (Fsp3) is 0.440. The number of halogens is 1. The van der Waals surface area contributed by atoms with Gasteiger partial charge in [-0.05, 0) is 42.7 Å². The van der Waals surface area contributed by atoms with Gasteiger partial charge in [0.05, 0.1) is 12.6 Å². The van der Waals surface area contributed by atoms with Crippen LogP contribution in [0, 0.1) is 23.6 Å². The van der Waals surface area contributed by atoms with Crippen LogP contribution in [0.3, 0.4) is 0 Å². The highest BCUT2D eigenvalue weighted by Crippen LogP contribution is 2.46. The Bertz CT molecular complexity index is 945. The molecule has 2 aromatic rings. The van der Waals surface area contributed by atoms with E-state index in [4.69, 9.17) is 0 Å². The molecule has 2 heterocycles. The lowest BCUT2D eigenvalue weighted by atomic mass is 9.83. The number of fused-ring (bicyclic) bond motifs is 1. The summed E-state index contributed by atoms with van der Waals surface area (Å²) in [5.74, 6) is 0.804. The van der Waals surface area contributed by atoms with E-state index in [1.807, 2.05) is 23.1 Å². The molecule has 0 spiro atoms. The van der Waals surface area contributed by atoms with Crippen molar-refractivity contribution in [3.8, 4) is 0 Å². The third-order valence-corrected chi connectivity index (χ3v) is 7.18. The minimum Gasteiger partial charge on any atom is -0.376 e. The number of rotatable bonds is 5. The van der Waals surface area contributed by atoms with Crippen LogP contribution in [0.2, 0.25) is 0 Å². The van der Waals surface area contributed by atoms with Gasteiger partial charge in [0, 0.05) is 43.1 Å². The number of carbonyl (C=O) groups is 2. The number of amides is 2. The Hall–Kier alpha value is -2.89. The molecule has 0 radical (unpaired) electrons. The smallest absolute Gasteiger partial charge is 0.241 e. The molecule has 1 saturated carbocycles. The van der Waals surface area contributed by atoms with Crippen molar-refractivity contribution in [2.24, 2.45) is 17.8 Å². The highest BCUT2D eigenvalue weighted by molar-refractivity contribution is 5.82. The van der Waals surface area contributed by atoms with Gasteiger partial charge in [-0.25, -0.2) is 4.39 Å². The number of hydrogen-bond acceptors (Lipinski definition) is 3. The second kappa shape index (κ2) is 8.33.